The Morgan fingerprint density at radius 1 is 0.375 bits per heavy atom. The van der Waals surface area contributed by atoms with Gasteiger partial charge in [0.2, 0.25) is 0 Å². The molecule has 0 saturated carbocycles. The quantitative estimate of drug-likeness (QED) is 0.270. The fraction of sp³-hybridized carbons (Fsp3) is 0.182. The number of hydrogen-bond acceptors (Lipinski definition) is 2. The summed E-state index contributed by atoms with van der Waals surface area (Å²) >= 11 is 0. The van der Waals surface area contributed by atoms with Crippen molar-refractivity contribution >= 4 is 175 Å². The van der Waals surface area contributed by atoms with Crippen LogP contribution < -0.4 is 73.1 Å². The van der Waals surface area contributed by atoms with Crippen molar-refractivity contribution in [3.63, 3.8) is 0 Å². The van der Waals surface area contributed by atoms with Gasteiger partial charge < -0.3 is 9.47 Å². The van der Waals surface area contributed by atoms with E-state index in [0.29, 0.717) is 31.8 Å². The molecule has 18 heteroatoms. The molecule has 3 aromatic carbocycles. The topological polar surface area (TPSA) is 18.5 Å². The summed E-state index contributed by atoms with van der Waals surface area (Å²) < 4.78 is 74.2. The molecule has 2 nitrogen and oxygen atoms in total. The fourth-order valence-electron chi connectivity index (χ4n) is 3.91. The molecule has 0 fully saturated rings. The van der Waals surface area contributed by atoms with Crippen LogP contribution in [0.1, 0.15) is 22.3 Å². The summed E-state index contributed by atoms with van der Waals surface area (Å²) in [6, 6.07) is 0. The molecule has 0 bridgehead atoms. The van der Waals surface area contributed by atoms with E-state index in [1.807, 2.05) is 13.8 Å². The Kier molecular flexibility index (Phi) is 12.3. The molecule has 0 spiro atoms. The van der Waals surface area contributed by atoms with Crippen LogP contribution in [-0.2, 0) is 12.2 Å². The van der Waals surface area contributed by atoms with Crippen LogP contribution in [0.2, 0.25) is 0 Å². The minimum absolute atomic E-state index is 0.0151. The fourth-order valence-corrected chi connectivity index (χ4v) is 9.65. The minimum Gasteiger partial charge on any atom is -0.427 e. The number of rotatable bonds is 6. The second-order valence-electron chi connectivity index (χ2n) is 8.86. The first-order valence-corrected chi connectivity index (χ1v) is 18.0. The molecule has 40 heavy (non-hydrogen) atoms. The summed E-state index contributed by atoms with van der Waals surface area (Å²) in [4.78, 5) is 0. The monoisotopic (exact) mass is 774 g/mol. The first-order valence-electron chi connectivity index (χ1n) is 11.0. The Morgan fingerprint density at radius 3 is 0.850 bits per heavy atom. The first-order chi connectivity index (χ1) is 18.2. The van der Waals surface area contributed by atoms with Crippen LogP contribution in [-0.4, -0.2) is 0 Å². The van der Waals surface area contributed by atoms with Gasteiger partial charge in [0.15, 0.2) is 0 Å². The van der Waals surface area contributed by atoms with E-state index in [-0.39, 0.29) is 48.9 Å². The second-order valence-corrected chi connectivity index (χ2v) is 15.8. The highest BCUT2D eigenvalue weighted by Crippen LogP contribution is 2.35. The molecule has 12 unspecified atom stereocenters. The Bertz CT molecular complexity index is 1480. The molecule has 0 aliphatic rings. The molecule has 0 N–H and O–H groups in total. The van der Waals surface area contributed by atoms with E-state index >= 15 is 17.6 Å². The molecule has 0 aliphatic carbocycles. The lowest BCUT2D eigenvalue weighted by Gasteiger charge is -2.30. The van der Waals surface area contributed by atoms with Crippen LogP contribution >= 0.6 is 111 Å². The van der Waals surface area contributed by atoms with E-state index in [1.54, 1.807) is 0 Å². The highest BCUT2D eigenvalue weighted by molar-refractivity contribution is 7.41. The zero-order valence-electron chi connectivity index (χ0n) is 21.3. The van der Waals surface area contributed by atoms with Gasteiger partial charge in [0.05, 0.1) is 11.1 Å². The Hall–Kier alpha value is 2.14. The normalized spacial score (nSPS) is 12.2. The van der Waals surface area contributed by atoms with Crippen LogP contribution in [0.4, 0.5) is 17.6 Å². The number of alkyl halides is 4. The molecule has 12 atom stereocenters. The maximum absolute atomic E-state index is 15.9. The predicted molar refractivity (Wildman–Crippen MR) is 210 cm³/mol. The lowest BCUT2D eigenvalue weighted by atomic mass is 10.1. The van der Waals surface area contributed by atoms with E-state index in [2.05, 4.69) is 111 Å². The Morgan fingerprint density at radius 2 is 0.575 bits per heavy atom. The maximum atomic E-state index is 15.9. The number of benzene rings is 3. The van der Waals surface area contributed by atoms with Crippen molar-refractivity contribution in [2.45, 2.75) is 26.1 Å². The van der Waals surface area contributed by atoms with Gasteiger partial charge in [0.25, 0.3) is 0 Å². The van der Waals surface area contributed by atoms with Crippen molar-refractivity contribution in [1.29, 1.82) is 0 Å². The second kappa shape index (κ2) is 13.5. The third kappa shape index (κ3) is 6.65. The molecule has 0 radical (unpaired) electrons. The Labute approximate surface area is 260 Å². The summed E-state index contributed by atoms with van der Waals surface area (Å²) in [6.45, 7) is 3.71. The van der Waals surface area contributed by atoms with Gasteiger partial charge in [-0.25, -0.2) is 0 Å². The van der Waals surface area contributed by atoms with Crippen molar-refractivity contribution in [3.8, 4) is 11.5 Å². The van der Waals surface area contributed by atoms with Crippen molar-refractivity contribution in [2.75, 3.05) is 0 Å². The van der Waals surface area contributed by atoms with Gasteiger partial charge in [-0.1, -0.05) is 0 Å². The van der Waals surface area contributed by atoms with Crippen LogP contribution in [0.25, 0.3) is 0 Å². The summed E-state index contributed by atoms with van der Waals surface area (Å²) in [7, 11) is 28.5. The minimum atomic E-state index is -3.83. The van der Waals surface area contributed by atoms with Crippen LogP contribution in [0.3, 0.4) is 0 Å². The molecule has 3 rings (SSSR count). The molecule has 3 aromatic rings. The van der Waals surface area contributed by atoms with Crippen molar-refractivity contribution < 1.29 is 27.0 Å². The SMILES string of the molecule is Cc1c(P)c(P)c(OC(F)(F)c2c(P)c(P)c(OC(F)(F)c3c(P)c(P)c(C)c(P)c3P)c(P)c2P)c(P)c1P. The highest BCUT2D eigenvalue weighted by atomic mass is 31.0. The highest BCUT2D eigenvalue weighted by Gasteiger charge is 2.44. The predicted octanol–water partition coefficient (Wildman–Crippen LogP) is 0.565. The maximum Gasteiger partial charge on any atom is 0.428 e. The van der Waals surface area contributed by atoms with Crippen LogP contribution in [0.5, 0.6) is 11.5 Å². The average molecular weight is 774 g/mol. The first kappa shape index (κ1) is 36.6. The lowest BCUT2D eigenvalue weighted by molar-refractivity contribution is -0.183. The number of ether oxygens (including phenoxy) is 2. The van der Waals surface area contributed by atoms with Gasteiger partial charge in [0.1, 0.15) is 11.5 Å². The van der Waals surface area contributed by atoms with Crippen molar-refractivity contribution in [1.82, 2.24) is 0 Å². The van der Waals surface area contributed by atoms with Gasteiger partial charge in [-0.3, -0.25) is 0 Å². The molecule has 0 aliphatic heterocycles. The molecule has 0 aromatic heterocycles. The average Bonchev–Trinajstić information content (AvgIpc) is 2.87. The van der Waals surface area contributed by atoms with E-state index in [0.717, 1.165) is 11.1 Å². The van der Waals surface area contributed by atoms with E-state index in [1.165, 1.54) is 0 Å². The molecular formula is C22H30F4O2P12. The standard InChI is InChI=1S/C22H30F4O2P12/c1-3-9(29)13(33)5(14(34)10(3)30)21(23,24)28-8-19(39)15(35)6(16(36)20(8)40)22(25,26)27-7-17(37)11(31)4(2)12(32)18(7)38/h29-40H2,1-2H3. The lowest BCUT2D eigenvalue weighted by Crippen LogP contribution is -2.46. The summed E-state index contributed by atoms with van der Waals surface area (Å²) in [5.74, 6) is -0.272. The molecule has 0 heterocycles. The number of halogens is 4. The summed E-state index contributed by atoms with van der Waals surface area (Å²) in [6.07, 6.45) is -7.62. The third-order valence-corrected chi connectivity index (χ3v) is 16.1. The van der Waals surface area contributed by atoms with E-state index in [9.17, 15) is 0 Å². The number of hydrogen-bond donors (Lipinski definition) is 0. The van der Waals surface area contributed by atoms with Crippen LogP contribution in [0, 0.1) is 13.8 Å². The van der Waals surface area contributed by atoms with Gasteiger partial charge in [-0.05, 0) is 67.4 Å². The third-order valence-electron chi connectivity index (χ3n) is 6.46. The van der Waals surface area contributed by atoms with E-state index in [4.69, 9.17) is 9.47 Å². The molecular weight excluding hydrogens is 744 g/mol. The summed E-state index contributed by atoms with van der Waals surface area (Å²) in [5, 5.41) is 4.07. The summed E-state index contributed by atoms with van der Waals surface area (Å²) in [5.41, 5.74) is 0.894. The van der Waals surface area contributed by atoms with E-state index < -0.39 is 17.8 Å². The van der Waals surface area contributed by atoms with Gasteiger partial charge in [-0.2, -0.15) is 17.6 Å². The molecule has 0 saturated heterocycles. The molecule has 0 amide bonds. The van der Waals surface area contributed by atoms with Crippen molar-refractivity contribution in [3.05, 3.63) is 22.3 Å². The van der Waals surface area contributed by atoms with Gasteiger partial charge in [0, 0.05) is 21.2 Å². The smallest absolute Gasteiger partial charge is 0.427 e. The molecule has 218 valence electrons. The Balaban J connectivity index is 2.17. The van der Waals surface area contributed by atoms with Crippen LogP contribution in [0.15, 0.2) is 0 Å². The zero-order valence-corrected chi connectivity index (χ0v) is 35.1. The van der Waals surface area contributed by atoms with Crippen molar-refractivity contribution in [2.24, 2.45) is 0 Å². The van der Waals surface area contributed by atoms with Gasteiger partial charge in [-0.15, -0.1) is 111 Å². The van der Waals surface area contributed by atoms with Gasteiger partial charge >= 0.3 is 12.2 Å². The zero-order chi connectivity index (χ0) is 30.8. The largest absolute Gasteiger partial charge is 0.428 e.